The van der Waals surface area contributed by atoms with Crippen LogP contribution in [0.25, 0.3) is 0 Å². The Morgan fingerprint density at radius 3 is 2.63 bits per heavy atom. The summed E-state index contributed by atoms with van der Waals surface area (Å²) in [6.45, 7) is 5.69. The highest BCUT2D eigenvalue weighted by Gasteiger charge is 2.60. The van der Waals surface area contributed by atoms with Gasteiger partial charge >= 0.3 is 6.09 Å². The number of hydrogen-bond donors (Lipinski definition) is 2. The molecule has 2 aliphatic rings. The van der Waals surface area contributed by atoms with E-state index in [0.29, 0.717) is 6.54 Å². The van der Waals surface area contributed by atoms with Crippen LogP contribution in [0.4, 0.5) is 13.6 Å². The van der Waals surface area contributed by atoms with Gasteiger partial charge in [0, 0.05) is 19.5 Å². The molecule has 3 unspecified atom stereocenters. The quantitative estimate of drug-likeness (QED) is 0.750. The van der Waals surface area contributed by atoms with Crippen LogP contribution in [0.15, 0.2) is 0 Å². The smallest absolute Gasteiger partial charge is 0.410 e. The highest BCUT2D eigenvalue weighted by Crippen LogP contribution is 2.40. The Kier molecular flexibility index (Phi) is 3.47. The van der Waals surface area contributed by atoms with E-state index in [1.807, 2.05) is 0 Å². The summed E-state index contributed by atoms with van der Waals surface area (Å²) in [5, 5.41) is 13.1. The van der Waals surface area contributed by atoms with Crippen LogP contribution in [0.3, 0.4) is 0 Å². The van der Waals surface area contributed by atoms with Crippen LogP contribution in [0.2, 0.25) is 0 Å². The number of amides is 1. The van der Waals surface area contributed by atoms with E-state index in [2.05, 4.69) is 5.32 Å². The molecule has 19 heavy (non-hydrogen) atoms. The first kappa shape index (κ1) is 14.5. The van der Waals surface area contributed by atoms with Crippen LogP contribution in [-0.4, -0.2) is 58.9 Å². The SMILES string of the molecule is CC(C)(C)OC(=O)N1C2CNCC1C(O)(C(F)F)C2. The number of nitrogens with one attached hydrogen (secondary N) is 1. The lowest BCUT2D eigenvalue weighted by molar-refractivity contribution is -0.112. The van der Waals surface area contributed by atoms with Gasteiger partial charge in [0.05, 0.1) is 12.1 Å². The molecule has 2 fully saturated rings. The maximum absolute atomic E-state index is 13.1. The number of rotatable bonds is 1. The van der Waals surface area contributed by atoms with Gasteiger partial charge in [0.25, 0.3) is 6.43 Å². The molecule has 2 bridgehead atoms. The second kappa shape index (κ2) is 4.56. The van der Waals surface area contributed by atoms with Crippen molar-refractivity contribution in [3.63, 3.8) is 0 Å². The molecule has 0 radical (unpaired) electrons. The first-order chi connectivity index (χ1) is 8.65. The van der Waals surface area contributed by atoms with Gasteiger partial charge in [-0.05, 0) is 20.8 Å². The summed E-state index contributed by atoms with van der Waals surface area (Å²) >= 11 is 0. The summed E-state index contributed by atoms with van der Waals surface area (Å²) in [6, 6.07) is -1.39. The molecule has 0 saturated carbocycles. The van der Waals surface area contributed by atoms with E-state index in [9.17, 15) is 18.7 Å². The van der Waals surface area contributed by atoms with Gasteiger partial charge in [0.2, 0.25) is 0 Å². The number of fused-ring (bicyclic) bond motifs is 2. The summed E-state index contributed by atoms with van der Waals surface area (Å²) in [4.78, 5) is 13.4. The maximum Gasteiger partial charge on any atom is 0.410 e. The van der Waals surface area contributed by atoms with Crippen molar-refractivity contribution < 1.29 is 23.4 Å². The fourth-order valence-corrected chi connectivity index (χ4v) is 2.76. The Balaban J connectivity index is 2.21. The second-order valence-corrected chi connectivity index (χ2v) is 6.21. The predicted molar refractivity (Wildman–Crippen MR) is 64.1 cm³/mol. The summed E-state index contributed by atoms with van der Waals surface area (Å²) in [5.41, 5.74) is -2.84. The molecule has 3 atom stereocenters. The zero-order valence-electron chi connectivity index (χ0n) is 11.3. The van der Waals surface area contributed by atoms with Gasteiger partial charge in [-0.25, -0.2) is 13.6 Å². The van der Waals surface area contributed by atoms with E-state index < -0.39 is 35.8 Å². The Morgan fingerprint density at radius 1 is 1.47 bits per heavy atom. The average Bonchev–Trinajstić information content (AvgIpc) is 2.42. The molecule has 0 spiro atoms. The fraction of sp³-hybridized carbons (Fsp3) is 0.917. The number of nitrogens with zero attached hydrogens (tertiary/aromatic N) is 1. The van der Waals surface area contributed by atoms with Gasteiger partial charge in [0.15, 0.2) is 0 Å². The number of ether oxygens (including phenoxy) is 1. The van der Waals surface area contributed by atoms with Crippen molar-refractivity contribution >= 4 is 6.09 Å². The van der Waals surface area contributed by atoms with Crippen LogP contribution in [-0.2, 0) is 4.74 Å². The molecular weight excluding hydrogens is 258 g/mol. The van der Waals surface area contributed by atoms with Gasteiger partial charge < -0.3 is 15.2 Å². The third kappa shape index (κ3) is 2.53. The molecule has 2 N–H and O–H groups in total. The van der Waals surface area contributed by atoms with E-state index in [0.717, 1.165) is 0 Å². The van der Waals surface area contributed by atoms with Crippen LogP contribution < -0.4 is 5.32 Å². The average molecular weight is 278 g/mol. The molecule has 2 aliphatic heterocycles. The molecule has 1 amide bonds. The number of halogens is 2. The first-order valence-electron chi connectivity index (χ1n) is 6.38. The first-order valence-corrected chi connectivity index (χ1v) is 6.38. The lowest BCUT2D eigenvalue weighted by Crippen LogP contribution is -2.60. The van der Waals surface area contributed by atoms with E-state index >= 15 is 0 Å². The predicted octanol–water partition coefficient (Wildman–Crippen LogP) is 0.964. The Labute approximate surface area is 110 Å². The molecule has 0 aliphatic carbocycles. The van der Waals surface area contributed by atoms with Crippen molar-refractivity contribution in [2.75, 3.05) is 13.1 Å². The van der Waals surface area contributed by atoms with Crippen LogP contribution in [0.1, 0.15) is 27.2 Å². The number of alkyl halides is 2. The van der Waals surface area contributed by atoms with Crippen LogP contribution in [0.5, 0.6) is 0 Å². The number of hydrogen-bond acceptors (Lipinski definition) is 4. The number of aliphatic hydroxyl groups is 1. The topological polar surface area (TPSA) is 61.8 Å². The largest absolute Gasteiger partial charge is 0.444 e. The zero-order valence-corrected chi connectivity index (χ0v) is 11.3. The molecule has 110 valence electrons. The third-order valence-electron chi connectivity index (χ3n) is 3.57. The Morgan fingerprint density at radius 2 is 2.11 bits per heavy atom. The molecule has 0 aromatic rings. The van der Waals surface area contributed by atoms with Gasteiger partial charge in [-0.15, -0.1) is 0 Å². The molecule has 2 heterocycles. The Hall–Kier alpha value is -0.950. The summed E-state index contributed by atoms with van der Waals surface area (Å²) in [7, 11) is 0. The minimum atomic E-state index is -2.88. The van der Waals surface area contributed by atoms with Crippen LogP contribution >= 0.6 is 0 Å². The lowest BCUT2D eigenvalue weighted by atomic mass is 9.95. The Bertz CT molecular complexity index is 372. The van der Waals surface area contributed by atoms with Crippen molar-refractivity contribution in [2.24, 2.45) is 0 Å². The summed E-state index contributed by atoms with van der Waals surface area (Å²) in [6.07, 6.45) is -3.64. The number of carbonyl (C=O) groups is 1. The van der Waals surface area contributed by atoms with E-state index in [4.69, 9.17) is 4.74 Å². The molecule has 7 heteroatoms. The molecule has 0 aromatic carbocycles. The molecular formula is C12H20F2N2O3. The minimum Gasteiger partial charge on any atom is -0.444 e. The fourth-order valence-electron chi connectivity index (χ4n) is 2.76. The molecule has 2 rings (SSSR count). The summed E-state index contributed by atoms with van der Waals surface area (Å²) in [5.74, 6) is 0. The maximum atomic E-state index is 13.1. The normalized spacial score (nSPS) is 34.8. The van der Waals surface area contributed by atoms with Crippen molar-refractivity contribution in [2.45, 2.75) is 56.9 Å². The zero-order chi connectivity index (χ0) is 14.4. The van der Waals surface area contributed by atoms with Crippen molar-refractivity contribution in [1.29, 1.82) is 0 Å². The highest BCUT2D eigenvalue weighted by atomic mass is 19.3. The van der Waals surface area contributed by atoms with Gasteiger partial charge in [-0.2, -0.15) is 0 Å². The monoisotopic (exact) mass is 278 g/mol. The molecule has 0 aromatic heterocycles. The van der Waals surface area contributed by atoms with E-state index in [1.165, 1.54) is 4.90 Å². The minimum absolute atomic E-state index is 0.123. The molecule has 5 nitrogen and oxygen atoms in total. The molecule has 2 saturated heterocycles. The van der Waals surface area contributed by atoms with Crippen molar-refractivity contribution in [3.05, 3.63) is 0 Å². The van der Waals surface area contributed by atoms with Gasteiger partial charge in [0.1, 0.15) is 11.2 Å². The second-order valence-electron chi connectivity index (χ2n) is 6.21. The highest BCUT2D eigenvalue weighted by molar-refractivity contribution is 5.70. The third-order valence-corrected chi connectivity index (χ3v) is 3.57. The van der Waals surface area contributed by atoms with Gasteiger partial charge in [-0.3, -0.25) is 4.90 Å². The van der Waals surface area contributed by atoms with Crippen molar-refractivity contribution in [1.82, 2.24) is 10.2 Å². The standard InChI is InChI=1S/C12H20F2N2O3/c1-11(2,3)19-10(17)16-7-4-12(18,9(13)14)8(16)6-15-5-7/h7-9,15,18H,4-6H2,1-3H3. The lowest BCUT2D eigenvalue weighted by Gasteiger charge is -2.38. The van der Waals surface area contributed by atoms with Gasteiger partial charge in [-0.1, -0.05) is 0 Å². The van der Waals surface area contributed by atoms with Crippen molar-refractivity contribution in [3.8, 4) is 0 Å². The van der Waals surface area contributed by atoms with Crippen LogP contribution in [0, 0.1) is 0 Å². The number of carbonyl (C=O) groups excluding carboxylic acids is 1. The van der Waals surface area contributed by atoms with E-state index in [1.54, 1.807) is 20.8 Å². The number of piperazine rings is 1. The van der Waals surface area contributed by atoms with E-state index in [-0.39, 0.29) is 13.0 Å². The summed E-state index contributed by atoms with van der Waals surface area (Å²) < 4.78 is 31.4.